The van der Waals surface area contributed by atoms with Gasteiger partial charge < -0.3 is 14.8 Å². The Morgan fingerprint density at radius 1 is 1.00 bits per heavy atom. The van der Waals surface area contributed by atoms with Gasteiger partial charge in [0.2, 0.25) is 0 Å². The van der Waals surface area contributed by atoms with Crippen LogP contribution < -0.4 is 14.8 Å². The van der Waals surface area contributed by atoms with Crippen LogP contribution in [0.15, 0.2) is 54.6 Å². The summed E-state index contributed by atoms with van der Waals surface area (Å²) in [5.74, 6) is 1.85. The second kappa shape index (κ2) is 8.32. The molecule has 3 nitrogen and oxygen atoms in total. The molecule has 112 valence electrons. The van der Waals surface area contributed by atoms with Gasteiger partial charge in [-0.3, -0.25) is 0 Å². The molecular formula is C18H23NO2. The Hall–Kier alpha value is -2.00. The van der Waals surface area contributed by atoms with Crippen LogP contribution in [0.1, 0.15) is 24.9 Å². The van der Waals surface area contributed by atoms with Gasteiger partial charge in [0.05, 0.1) is 13.7 Å². The molecule has 0 heterocycles. The largest absolute Gasteiger partial charge is 0.496 e. The number of hydrogen-bond acceptors (Lipinski definition) is 3. The van der Waals surface area contributed by atoms with Gasteiger partial charge in [0.1, 0.15) is 11.5 Å². The Labute approximate surface area is 126 Å². The van der Waals surface area contributed by atoms with Crippen molar-refractivity contribution in [3.8, 4) is 11.5 Å². The Balaban J connectivity index is 1.71. The first-order valence-electron chi connectivity index (χ1n) is 7.35. The van der Waals surface area contributed by atoms with Crippen LogP contribution in [0, 0.1) is 0 Å². The average Bonchev–Trinajstić information content (AvgIpc) is 2.55. The molecule has 0 fully saturated rings. The molecule has 1 atom stereocenters. The second-order valence-corrected chi connectivity index (χ2v) is 4.93. The topological polar surface area (TPSA) is 30.5 Å². The molecule has 0 aromatic heterocycles. The molecule has 0 bridgehead atoms. The van der Waals surface area contributed by atoms with E-state index in [0.29, 0.717) is 0 Å². The van der Waals surface area contributed by atoms with Gasteiger partial charge in [-0.25, -0.2) is 0 Å². The maximum Gasteiger partial charge on any atom is 0.123 e. The van der Waals surface area contributed by atoms with E-state index in [1.165, 1.54) is 5.56 Å². The van der Waals surface area contributed by atoms with Crippen LogP contribution in [0.2, 0.25) is 0 Å². The third-order valence-corrected chi connectivity index (χ3v) is 3.39. The molecular weight excluding hydrogens is 262 g/mol. The van der Waals surface area contributed by atoms with Gasteiger partial charge >= 0.3 is 0 Å². The van der Waals surface area contributed by atoms with Crippen molar-refractivity contribution in [1.82, 2.24) is 5.32 Å². The van der Waals surface area contributed by atoms with E-state index in [-0.39, 0.29) is 6.04 Å². The number of nitrogens with one attached hydrogen (secondary N) is 1. The molecule has 0 saturated heterocycles. The van der Waals surface area contributed by atoms with Crippen molar-refractivity contribution in [1.29, 1.82) is 0 Å². The van der Waals surface area contributed by atoms with E-state index in [1.54, 1.807) is 7.11 Å². The van der Waals surface area contributed by atoms with Crippen LogP contribution in [0.4, 0.5) is 0 Å². The highest BCUT2D eigenvalue weighted by molar-refractivity contribution is 5.35. The molecule has 0 aliphatic heterocycles. The fourth-order valence-corrected chi connectivity index (χ4v) is 2.23. The lowest BCUT2D eigenvalue weighted by atomic mass is 10.1. The van der Waals surface area contributed by atoms with Crippen LogP contribution in [0.25, 0.3) is 0 Å². The van der Waals surface area contributed by atoms with Gasteiger partial charge in [-0.15, -0.1) is 0 Å². The lowest BCUT2D eigenvalue weighted by molar-refractivity contribution is 0.305. The van der Waals surface area contributed by atoms with Gasteiger partial charge in [-0.05, 0) is 38.1 Å². The van der Waals surface area contributed by atoms with Gasteiger partial charge in [0.15, 0.2) is 0 Å². The minimum Gasteiger partial charge on any atom is -0.496 e. The Morgan fingerprint density at radius 3 is 2.48 bits per heavy atom. The first-order valence-corrected chi connectivity index (χ1v) is 7.35. The third kappa shape index (κ3) is 4.80. The number of hydrogen-bond donors (Lipinski definition) is 1. The number of rotatable bonds is 8. The number of methoxy groups -OCH3 is 1. The van der Waals surface area contributed by atoms with E-state index >= 15 is 0 Å². The molecule has 1 N–H and O–H groups in total. The minimum absolute atomic E-state index is 0.262. The predicted molar refractivity (Wildman–Crippen MR) is 86.0 cm³/mol. The monoisotopic (exact) mass is 285 g/mol. The maximum atomic E-state index is 5.67. The summed E-state index contributed by atoms with van der Waals surface area (Å²) >= 11 is 0. The summed E-state index contributed by atoms with van der Waals surface area (Å²) < 4.78 is 11.1. The summed E-state index contributed by atoms with van der Waals surface area (Å²) in [7, 11) is 1.71. The lowest BCUT2D eigenvalue weighted by Crippen LogP contribution is -2.21. The highest BCUT2D eigenvalue weighted by atomic mass is 16.5. The van der Waals surface area contributed by atoms with Gasteiger partial charge in [0.25, 0.3) is 0 Å². The first-order chi connectivity index (χ1) is 10.3. The number of para-hydroxylation sites is 2. The van der Waals surface area contributed by atoms with Crippen molar-refractivity contribution in [3.63, 3.8) is 0 Å². The zero-order chi connectivity index (χ0) is 14.9. The molecule has 0 unspecified atom stereocenters. The van der Waals surface area contributed by atoms with Crippen molar-refractivity contribution in [3.05, 3.63) is 60.2 Å². The molecule has 0 saturated carbocycles. The smallest absolute Gasteiger partial charge is 0.123 e. The molecule has 0 aliphatic rings. The van der Waals surface area contributed by atoms with Crippen molar-refractivity contribution in [2.45, 2.75) is 19.4 Å². The molecule has 21 heavy (non-hydrogen) atoms. The summed E-state index contributed by atoms with van der Waals surface area (Å²) in [4.78, 5) is 0. The predicted octanol–water partition coefficient (Wildman–Crippen LogP) is 3.81. The van der Waals surface area contributed by atoms with E-state index in [2.05, 4.69) is 18.3 Å². The zero-order valence-corrected chi connectivity index (χ0v) is 12.7. The first kappa shape index (κ1) is 15.4. The van der Waals surface area contributed by atoms with Crippen LogP contribution in [-0.4, -0.2) is 20.3 Å². The summed E-state index contributed by atoms with van der Waals surface area (Å²) in [6.07, 6.45) is 0.967. The lowest BCUT2D eigenvalue weighted by Gasteiger charge is -2.17. The van der Waals surface area contributed by atoms with Gasteiger partial charge in [-0.2, -0.15) is 0 Å². The van der Waals surface area contributed by atoms with E-state index < -0.39 is 0 Å². The Bertz CT molecular complexity index is 528. The van der Waals surface area contributed by atoms with Crippen molar-refractivity contribution >= 4 is 0 Å². The molecule has 2 rings (SSSR count). The Morgan fingerprint density at radius 2 is 1.71 bits per heavy atom. The Kier molecular flexibility index (Phi) is 6.10. The van der Waals surface area contributed by atoms with Gasteiger partial charge in [0, 0.05) is 11.6 Å². The SMILES string of the molecule is COc1ccccc1[C@H](C)NCCCOc1ccccc1. The highest BCUT2D eigenvalue weighted by Gasteiger charge is 2.09. The molecule has 0 aliphatic carbocycles. The van der Waals surface area contributed by atoms with Crippen molar-refractivity contribution in [2.24, 2.45) is 0 Å². The molecule has 2 aromatic carbocycles. The molecule has 2 aromatic rings. The van der Waals surface area contributed by atoms with Crippen molar-refractivity contribution < 1.29 is 9.47 Å². The minimum atomic E-state index is 0.262. The molecule has 3 heteroatoms. The van der Waals surface area contributed by atoms with Crippen molar-refractivity contribution in [2.75, 3.05) is 20.3 Å². The van der Waals surface area contributed by atoms with Crippen LogP contribution in [0.5, 0.6) is 11.5 Å². The molecule has 0 spiro atoms. The molecule has 0 radical (unpaired) electrons. The summed E-state index contributed by atoms with van der Waals surface area (Å²) in [6.45, 7) is 3.78. The van der Waals surface area contributed by atoms with E-state index in [9.17, 15) is 0 Å². The van der Waals surface area contributed by atoms with Crippen LogP contribution in [-0.2, 0) is 0 Å². The standard InChI is InChI=1S/C18H23NO2/c1-15(17-11-6-7-12-18(17)20-2)19-13-8-14-21-16-9-4-3-5-10-16/h3-7,9-12,15,19H,8,13-14H2,1-2H3/t15-/m0/s1. The van der Waals surface area contributed by atoms with E-state index in [4.69, 9.17) is 9.47 Å². The second-order valence-electron chi connectivity index (χ2n) is 4.93. The fourth-order valence-electron chi connectivity index (χ4n) is 2.23. The number of benzene rings is 2. The summed E-state index contributed by atoms with van der Waals surface area (Å²) in [6, 6.07) is 18.3. The summed E-state index contributed by atoms with van der Waals surface area (Å²) in [5.41, 5.74) is 1.18. The highest BCUT2D eigenvalue weighted by Crippen LogP contribution is 2.24. The van der Waals surface area contributed by atoms with Gasteiger partial charge in [-0.1, -0.05) is 36.4 Å². The normalized spacial score (nSPS) is 11.9. The summed E-state index contributed by atoms with van der Waals surface area (Å²) in [5, 5.41) is 3.50. The molecule has 0 amide bonds. The fraction of sp³-hybridized carbons (Fsp3) is 0.333. The van der Waals surface area contributed by atoms with E-state index in [0.717, 1.165) is 31.1 Å². The van der Waals surface area contributed by atoms with E-state index in [1.807, 2.05) is 48.5 Å². The third-order valence-electron chi connectivity index (χ3n) is 3.39. The van der Waals surface area contributed by atoms with Crippen LogP contribution in [0.3, 0.4) is 0 Å². The number of ether oxygens (including phenoxy) is 2. The maximum absolute atomic E-state index is 5.67. The average molecular weight is 285 g/mol. The zero-order valence-electron chi connectivity index (χ0n) is 12.7. The quantitative estimate of drug-likeness (QED) is 0.748. The van der Waals surface area contributed by atoms with Crippen LogP contribution >= 0.6 is 0 Å².